The van der Waals surface area contributed by atoms with Crippen LogP contribution in [0.25, 0.3) is 22.3 Å². The molecule has 1 N–H and O–H groups in total. The molecule has 6 heteroatoms. The van der Waals surface area contributed by atoms with Gasteiger partial charge in [-0.25, -0.2) is 15.4 Å². The van der Waals surface area contributed by atoms with E-state index in [-0.39, 0.29) is 5.91 Å². The van der Waals surface area contributed by atoms with Gasteiger partial charge in [0.05, 0.1) is 22.3 Å². The summed E-state index contributed by atoms with van der Waals surface area (Å²) in [4.78, 5) is 25.8. The monoisotopic (exact) mass is 351 g/mol. The first-order valence-corrected chi connectivity index (χ1v) is 8.46. The molecule has 0 unspecified atom stereocenters. The fourth-order valence-electron chi connectivity index (χ4n) is 3.16. The lowest BCUT2D eigenvalue weighted by molar-refractivity contribution is 0.0954. The lowest BCUT2D eigenvalue weighted by Crippen LogP contribution is -2.20. The number of aromatic nitrogens is 3. The Bertz CT molecular complexity index is 1220. The summed E-state index contributed by atoms with van der Waals surface area (Å²) in [7, 11) is 0. The van der Waals surface area contributed by atoms with Gasteiger partial charge in [0.25, 0.3) is 5.91 Å². The Hall–Kier alpha value is -3.93. The van der Waals surface area contributed by atoms with Crippen LogP contribution in [0, 0.1) is 0 Å². The highest BCUT2D eigenvalue weighted by Crippen LogP contribution is 2.35. The third kappa shape index (κ3) is 2.55. The molecule has 4 aromatic rings. The zero-order chi connectivity index (χ0) is 18.2. The smallest absolute Gasteiger partial charge is 0.267 e. The minimum Gasteiger partial charge on any atom is -0.267 e. The molecule has 27 heavy (non-hydrogen) atoms. The number of hydrogen-bond acceptors (Lipinski definition) is 5. The van der Waals surface area contributed by atoms with E-state index in [0.717, 1.165) is 27.9 Å². The van der Waals surface area contributed by atoms with Crippen LogP contribution >= 0.6 is 0 Å². The molecule has 128 valence electrons. The van der Waals surface area contributed by atoms with E-state index in [1.807, 2.05) is 48.5 Å². The van der Waals surface area contributed by atoms with Crippen LogP contribution in [0.3, 0.4) is 0 Å². The highest BCUT2D eigenvalue weighted by molar-refractivity contribution is 6.23. The van der Waals surface area contributed by atoms with Crippen molar-refractivity contribution in [2.24, 2.45) is 5.10 Å². The van der Waals surface area contributed by atoms with Crippen LogP contribution in [0.15, 0.2) is 78.2 Å². The Morgan fingerprint density at radius 3 is 2.26 bits per heavy atom. The first-order valence-electron chi connectivity index (χ1n) is 8.46. The van der Waals surface area contributed by atoms with Crippen molar-refractivity contribution in [3.63, 3.8) is 0 Å². The molecule has 6 nitrogen and oxygen atoms in total. The molecule has 0 fully saturated rings. The van der Waals surface area contributed by atoms with Gasteiger partial charge in [-0.2, -0.15) is 5.10 Å². The van der Waals surface area contributed by atoms with Gasteiger partial charge in [0.2, 0.25) is 0 Å². The van der Waals surface area contributed by atoms with Crippen molar-refractivity contribution in [1.29, 1.82) is 0 Å². The standard InChI is InChI=1S/C21H13N5O/c27-21(13-6-5-11-22-12-13)26-25-19-15-8-2-1-7-14(15)18-20(19)24-17-10-4-3-9-16(17)23-18/h1-12H,(H,26,27). The Labute approximate surface area is 154 Å². The number of fused-ring (bicyclic) bond motifs is 4. The van der Waals surface area contributed by atoms with Crippen LogP contribution in [-0.2, 0) is 0 Å². The Morgan fingerprint density at radius 2 is 1.52 bits per heavy atom. The van der Waals surface area contributed by atoms with Crippen molar-refractivity contribution < 1.29 is 4.79 Å². The van der Waals surface area contributed by atoms with Gasteiger partial charge in [0.1, 0.15) is 11.4 Å². The molecular formula is C21H13N5O. The quantitative estimate of drug-likeness (QED) is 0.495. The molecule has 1 amide bonds. The molecule has 1 aliphatic rings. The van der Waals surface area contributed by atoms with E-state index >= 15 is 0 Å². The van der Waals surface area contributed by atoms with Crippen LogP contribution in [0.1, 0.15) is 21.6 Å². The summed E-state index contributed by atoms with van der Waals surface area (Å²) in [5.74, 6) is -0.324. The summed E-state index contributed by atoms with van der Waals surface area (Å²) in [5.41, 5.74) is 8.58. The zero-order valence-corrected chi connectivity index (χ0v) is 14.1. The van der Waals surface area contributed by atoms with Gasteiger partial charge in [0, 0.05) is 23.5 Å². The van der Waals surface area contributed by atoms with E-state index < -0.39 is 0 Å². The number of hydrazone groups is 1. The fraction of sp³-hybridized carbons (Fsp3) is 0. The molecule has 2 aromatic heterocycles. The molecule has 5 rings (SSSR count). The number of carbonyl (C=O) groups excluding carboxylic acids is 1. The number of carbonyl (C=O) groups is 1. The molecule has 2 aromatic carbocycles. The summed E-state index contributed by atoms with van der Waals surface area (Å²) < 4.78 is 0. The number of benzene rings is 2. The molecule has 0 atom stereocenters. The van der Waals surface area contributed by atoms with Gasteiger partial charge < -0.3 is 0 Å². The fourth-order valence-corrected chi connectivity index (χ4v) is 3.16. The van der Waals surface area contributed by atoms with Crippen molar-refractivity contribution in [1.82, 2.24) is 20.4 Å². The predicted octanol–water partition coefficient (Wildman–Crippen LogP) is 3.19. The lowest BCUT2D eigenvalue weighted by Gasteiger charge is -2.04. The molecule has 0 saturated carbocycles. The van der Waals surface area contributed by atoms with Gasteiger partial charge in [-0.05, 0) is 24.3 Å². The average Bonchev–Trinajstić information content (AvgIpc) is 3.04. The third-order valence-corrected chi connectivity index (χ3v) is 4.43. The first-order chi connectivity index (χ1) is 13.3. The summed E-state index contributed by atoms with van der Waals surface area (Å²) in [6.07, 6.45) is 3.12. The first kappa shape index (κ1) is 15.3. The highest BCUT2D eigenvalue weighted by Gasteiger charge is 2.28. The van der Waals surface area contributed by atoms with Gasteiger partial charge in [-0.1, -0.05) is 36.4 Å². The SMILES string of the molecule is O=C(NN=C1c2ccccc2-c2nc3ccccc3nc21)c1cccnc1. The maximum Gasteiger partial charge on any atom is 0.272 e. The van der Waals surface area contributed by atoms with E-state index in [4.69, 9.17) is 9.97 Å². The molecular weight excluding hydrogens is 338 g/mol. The molecule has 1 aliphatic carbocycles. The van der Waals surface area contributed by atoms with E-state index in [9.17, 15) is 4.79 Å². The van der Waals surface area contributed by atoms with Crippen molar-refractivity contribution >= 4 is 22.7 Å². The van der Waals surface area contributed by atoms with Crippen LogP contribution in [-0.4, -0.2) is 26.6 Å². The van der Waals surface area contributed by atoms with Crippen molar-refractivity contribution in [3.8, 4) is 11.3 Å². The summed E-state index contributed by atoms with van der Waals surface area (Å²) >= 11 is 0. The number of nitrogens with zero attached hydrogens (tertiary/aromatic N) is 4. The zero-order valence-electron chi connectivity index (χ0n) is 14.1. The predicted molar refractivity (Wildman–Crippen MR) is 102 cm³/mol. The van der Waals surface area contributed by atoms with Gasteiger partial charge in [-0.3, -0.25) is 9.78 Å². The van der Waals surface area contributed by atoms with Gasteiger partial charge in [0.15, 0.2) is 0 Å². The number of pyridine rings is 1. The summed E-state index contributed by atoms with van der Waals surface area (Å²) in [5, 5.41) is 4.38. The second-order valence-corrected chi connectivity index (χ2v) is 6.10. The Balaban J connectivity index is 1.63. The average molecular weight is 351 g/mol. The van der Waals surface area contributed by atoms with Crippen molar-refractivity contribution in [3.05, 3.63) is 89.9 Å². The van der Waals surface area contributed by atoms with Gasteiger partial charge in [-0.15, -0.1) is 0 Å². The number of amides is 1. The maximum atomic E-state index is 12.3. The van der Waals surface area contributed by atoms with Crippen LogP contribution in [0.5, 0.6) is 0 Å². The Kier molecular flexibility index (Phi) is 3.47. The number of nitrogens with one attached hydrogen (secondary N) is 1. The molecule has 0 radical (unpaired) electrons. The summed E-state index contributed by atoms with van der Waals surface area (Å²) in [6.45, 7) is 0. The van der Waals surface area contributed by atoms with E-state index in [2.05, 4.69) is 15.5 Å². The second-order valence-electron chi connectivity index (χ2n) is 6.10. The minimum absolute atomic E-state index is 0.324. The van der Waals surface area contributed by atoms with E-state index in [1.54, 1.807) is 18.3 Å². The molecule has 0 aliphatic heterocycles. The van der Waals surface area contributed by atoms with Crippen molar-refractivity contribution in [2.45, 2.75) is 0 Å². The normalized spacial score (nSPS) is 13.4. The maximum absolute atomic E-state index is 12.3. The van der Waals surface area contributed by atoms with Gasteiger partial charge >= 0.3 is 0 Å². The van der Waals surface area contributed by atoms with E-state index in [1.165, 1.54) is 6.20 Å². The largest absolute Gasteiger partial charge is 0.272 e. The number of para-hydroxylation sites is 2. The van der Waals surface area contributed by atoms with Crippen LogP contribution < -0.4 is 5.43 Å². The Morgan fingerprint density at radius 1 is 0.815 bits per heavy atom. The third-order valence-electron chi connectivity index (χ3n) is 4.43. The van der Waals surface area contributed by atoms with Crippen LogP contribution in [0.4, 0.5) is 0 Å². The van der Waals surface area contributed by atoms with Crippen molar-refractivity contribution in [2.75, 3.05) is 0 Å². The number of hydrogen-bond donors (Lipinski definition) is 1. The lowest BCUT2D eigenvalue weighted by atomic mass is 10.1. The van der Waals surface area contributed by atoms with Crippen LogP contribution in [0.2, 0.25) is 0 Å². The number of rotatable bonds is 2. The topological polar surface area (TPSA) is 80.1 Å². The molecule has 0 bridgehead atoms. The molecule has 0 spiro atoms. The second kappa shape index (κ2) is 6.10. The van der Waals surface area contributed by atoms with E-state index in [0.29, 0.717) is 17.0 Å². The minimum atomic E-state index is -0.324. The molecule has 0 saturated heterocycles. The summed E-state index contributed by atoms with van der Waals surface area (Å²) in [6, 6.07) is 18.9. The molecule has 2 heterocycles. The highest BCUT2D eigenvalue weighted by atomic mass is 16.2.